The predicted molar refractivity (Wildman–Crippen MR) is 73.7 cm³/mol. The summed E-state index contributed by atoms with van der Waals surface area (Å²) in [4.78, 5) is 17.1. The van der Waals surface area contributed by atoms with Crippen LogP contribution in [0.25, 0.3) is 0 Å². The second-order valence-corrected chi connectivity index (χ2v) is 5.87. The number of anilines is 1. The average molecular weight is 311 g/mol. The Balaban J connectivity index is 2.17. The molecule has 0 aliphatic heterocycles. The fourth-order valence-corrected chi connectivity index (χ4v) is 2.65. The molecule has 88 valence electrons. The van der Waals surface area contributed by atoms with E-state index < -0.39 is 0 Å². The number of thiophene rings is 1. The van der Waals surface area contributed by atoms with Crippen LogP contribution in [0.15, 0.2) is 29.0 Å². The number of rotatable bonds is 2. The van der Waals surface area contributed by atoms with E-state index in [0.29, 0.717) is 5.56 Å². The van der Waals surface area contributed by atoms with Crippen molar-refractivity contribution in [3.05, 3.63) is 45.0 Å². The zero-order valence-electron chi connectivity index (χ0n) is 9.45. The minimum atomic E-state index is -0.139. The lowest BCUT2D eigenvalue weighted by molar-refractivity contribution is 0.102. The highest BCUT2D eigenvalue weighted by atomic mass is 79.9. The summed E-state index contributed by atoms with van der Waals surface area (Å²) in [6.07, 6.45) is 3.20. The van der Waals surface area contributed by atoms with Gasteiger partial charge in [0.2, 0.25) is 0 Å². The van der Waals surface area contributed by atoms with Gasteiger partial charge in [0.25, 0.3) is 5.91 Å². The number of carbonyl (C=O) groups excluding carboxylic acids is 1. The molecule has 2 rings (SSSR count). The highest BCUT2D eigenvalue weighted by Crippen LogP contribution is 2.26. The summed E-state index contributed by atoms with van der Waals surface area (Å²) in [5, 5.41) is 3.73. The molecule has 0 bridgehead atoms. The fraction of sp³-hybridized carbons (Fsp3) is 0.167. The van der Waals surface area contributed by atoms with Crippen molar-refractivity contribution in [2.45, 2.75) is 13.8 Å². The van der Waals surface area contributed by atoms with Crippen LogP contribution in [0.2, 0.25) is 0 Å². The molecule has 2 aromatic heterocycles. The van der Waals surface area contributed by atoms with Crippen LogP contribution in [-0.4, -0.2) is 10.9 Å². The van der Waals surface area contributed by atoms with E-state index in [4.69, 9.17) is 0 Å². The van der Waals surface area contributed by atoms with Gasteiger partial charge in [-0.25, -0.2) is 0 Å². The van der Waals surface area contributed by atoms with Gasteiger partial charge in [-0.2, -0.15) is 0 Å². The summed E-state index contributed by atoms with van der Waals surface area (Å²) >= 11 is 4.87. The molecule has 2 aromatic rings. The number of halogens is 1. The molecule has 0 aromatic carbocycles. The molecule has 17 heavy (non-hydrogen) atoms. The van der Waals surface area contributed by atoms with Crippen molar-refractivity contribution in [2.75, 3.05) is 5.32 Å². The maximum absolute atomic E-state index is 11.9. The number of aromatic nitrogens is 1. The molecule has 5 heteroatoms. The molecule has 1 amide bonds. The van der Waals surface area contributed by atoms with Gasteiger partial charge in [0.1, 0.15) is 0 Å². The second kappa shape index (κ2) is 4.98. The van der Waals surface area contributed by atoms with Crippen molar-refractivity contribution in [3.8, 4) is 0 Å². The number of pyridine rings is 1. The van der Waals surface area contributed by atoms with Crippen LogP contribution in [0.3, 0.4) is 0 Å². The van der Waals surface area contributed by atoms with Gasteiger partial charge in [-0.3, -0.25) is 9.78 Å². The van der Waals surface area contributed by atoms with Crippen molar-refractivity contribution in [2.24, 2.45) is 0 Å². The molecule has 0 unspecified atom stereocenters. The van der Waals surface area contributed by atoms with Crippen LogP contribution in [0.5, 0.6) is 0 Å². The van der Waals surface area contributed by atoms with Crippen LogP contribution in [0.4, 0.5) is 5.00 Å². The van der Waals surface area contributed by atoms with E-state index in [9.17, 15) is 4.79 Å². The minimum absolute atomic E-state index is 0.139. The van der Waals surface area contributed by atoms with E-state index in [1.807, 2.05) is 19.9 Å². The van der Waals surface area contributed by atoms with Crippen LogP contribution in [-0.2, 0) is 0 Å². The van der Waals surface area contributed by atoms with Gasteiger partial charge in [-0.05, 0) is 47.5 Å². The molecule has 0 aliphatic rings. The van der Waals surface area contributed by atoms with E-state index in [0.717, 1.165) is 9.47 Å². The second-order valence-electron chi connectivity index (χ2n) is 3.70. The highest BCUT2D eigenvalue weighted by molar-refractivity contribution is 9.10. The van der Waals surface area contributed by atoms with E-state index in [-0.39, 0.29) is 5.91 Å². The molecule has 0 radical (unpaired) electrons. The Bertz CT molecular complexity index is 546. The molecule has 0 atom stereocenters. The van der Waals surface area contributed by atoms with Crippen molar-refractivity contribution in [1.29, 1.82) is 0 Å². The Morgan fingerprint density at radius 3 is 2.71 bits per heavy atom. The van der Waals surface area contributed by atoms with Gasteiger partial charge in [-0.15, -0.1) is 11.3 Å². The standard InChI is InChI=1S/C12H11BrN2OS/c1-7-3-11(17-8(7)2)15-12(16)9-4-10(13)6-14-5-9/h3-6H,1-2H3,(H,15,16). The number of hydrogen-bond acceptors (Lipinski definition) is 3. The number of nitrogens with zero attached hydrogens (tertiary/aromatic N) is 1. The van der Waals surface area contributed by atoms with Crippen molar-refractivity contribution < 1.29 is 4.79 Å². The first kappa shape index (κ1) is 12.3. The Labute approximate surface area is 112 Å². The van der Waals surface area contributed by atoms with E-state index in [1.54, 1.807) is 29.8 Å². The summed E-state index contributed by atoms with van der Waals surface area (Å²) in [5.74, 6) is -0.139. The summed E-state index contributed by atoms with van der Waals surface area (Å²) in [6, 6.07) is 3.72. The topological polar surface area (TPSA) is 42.0 Å². The van der Waals surface area contributed by atoms with Gasteiger partial charge in [0, 0.05) is 21.7 Å². The number of hydrogen-bond donors (Lipinski definition) is 1. The summed E-state index contributed by atoms with van der Waals surface area (Å²) in [5.41, 5.74) is 1.74. The minimum Gasteiger partial charge on any atom is -0.314 e. The van der Waals surface area contributed by atoms with Gasteiger partial charge >= 0.3 is 0 Å². The largest absolute Gasteiger partial charge is 0.314 e. The van der Waals surface area contributed by atoms with Crippen LogP contribution >= 0.6 is 27.3 Å². The van der Waals surface area contributed by atoms with E-state index in [2.05, 4.69) is 26.2 Å². The number of aryl methyl sites for hydroxylation is 2. The van der Waals surface area contributed by atoms with Crippen LogP contribution in [0.1, 0.15) is 20.8 Å². The molecule has 0 aliphatic carbocycles. The van der Waals surface area contributed by atoms with Crippen LogP contribution < -0.4 is 5.32 Å². The Kier molecular flexibility index (Phi) is 3.59. The molecular formula is C12H11BrN2OS. The quantitative estimate of drug-likeness (QED) is 0.917. The molecule has 0 fully saturated rings. The summed E-state index contributed by atoms with van der Waals surface area (Å²) < 4.78 is 0.795. The van der Waals surface area contributed by atoms with Gasteiger partial charge in [0.15, 0.2) is 0 Å². The molecule has 0 saturated heterocycles. The first-order chi connectivity index (χ1) is 8.06. The van der Waals surface area contributed by atoms with Crippen molar-refractivity contribution in [3.63, 3.8) is 0 Å². The zero-order valence-corrected chi connectivity index (χ0v) is 11.9. The smallest absolute Gasteiger partial charge is 0.257 e. The van der Waals surface area contributed by atoms with Gasteiger partial charge in [0.05, 0.1) is 10.6 Å². The molecule has 0 saturated carbocycles. The van der Waals surface area contributed by atoms with Gasteiger partial charge < -0.3 is 5.32 Å². The summed E-state index contributed by atoms with van der Waals surface area (Å²) in [7, 11) is 0. The van der Waals surface area contributed by atoms with E-state index in [1.165, 1.54) is 10.4 Å². The maximum atomic E-state index is 11.9. The third kappa shape index (κ3) is 2.92. The predicted octanol–water partition coefficient (Wildman–Crippen LogP) is 3.77. The Morgan fingerprint density at radius 1 is 1.35 bits per heavy atom. The maximum Gasteiger partial charge on any atom is 0.257 e. The SMILES string of the molecule is Cc1cc(NC(=O)c2cncc(Br)c2)sc1C. The lowest BCUT2D eigenvalue weighted by Gasteiger charge is -2.02. The first-order valence-electron chi connectivity index (χ1n) is 5.05. The monoisotopic (exact) mass is 310 g/mol. The molecule has 2 heterocycles. The third-order valence-electron chi connectivity index (χ3n) is 2.37. The van der Waals surface area contributed by atoms with Crippen molar-refractivity contribution in [1.82, 2.24) is 4.98 Å². The van der Waals surface area contributed by atoms with E-state index >= 15 is 0 Å². The van der Waals surface area contributed by atoms with Gasteiger partial charge in [-0.1, -0.05) is 0 Å². The zero-order chi connectivity index (χ0) is 12.4. The fourth-order valence-electron chi connectivity index (χ4n) is 1.35. The molecular weight excluding hydrogens is 300 g/mol. The van der Waals surface area contributed by atoms with Crippen molar-refractivity contribution >= 4 is 38.2 Å². The highest BCUT2D eigenvalue weighted by Gasteiger charge is 2.09. The molecule has 3 nitrogen and oxygen atoms in total. The normalized spacial score (nSPS) is 10.3. The average Bonchev–Trinajstić information content (AvgIpc) is 2.58. The lowest BCUT2D eigenvalue weighted by Crippen LogP contribution is -2.11. The van der Waals surface area contributed by atoms with Crippen LogP contribution in [0, 0.1) is 13.8 Å². The first-order valence-corrected chi connectivity index (χ1v) is 6.66. The molecule has 1 N–H and O–H groups in total. The number of nitrogens with one attached hydrogen (secondary N) is 1. The third-order valence-corrected chi connectivity index (χ3v) is 3.87. The lowest BCUT2D eigenvalue weighted by atomic mass is 10.2. The number of carbonyl (C=O) groups is 1. The Morgan fingerprint density at radius 2 is 2.12 bits per heavy atom. The number of amides is 1. The Hall–Kier alpha value is -1.20. The molecule has 0 spiro atoms. The summed E-state index contributed by atoms with van der Waals surface area (Å²) in [6.45, 7) is 4.07.